The van der Waals surface area contributed by atoms with Crippen molar-refractivity contribution in [2.24, 2.45) is 5.73 Å². The second-order valence-electron chi connectivity index (χ2n) is 5.36. The maximum Gasteiger partial charge on any atom is 0.273 e. The average molecular weight is 299 g/mol. The third-order valence-electron chi connectivity index (χ3n) is 3.43. The lowest BCUT2D eigenvalue weighted by atomic mass is 9.94. The number of amides is 1. The van der Waals surface area contributed by atoms with E-state index in [1.54, 1.807) is 12.4 Å². The van der Waals surface area contributed by atoms with Crippen molar-refractivity contribution in [2.45, 2.75) is 31.4 Å². The third-order valence-corrected chi connectivity index (χ3v) is 4.48. The van der Waals surface area contributed by atoms with Crippen molar-refractivity contribution in [3.05, 3.63) is 16.1 Å². The molecule has 1 aliphatic heterocycles. The predicted molar refractivity (Wildman–Crippen MR) is 76.7 cm³/mol. The molecule has 0 aliphatic carbocycles. The Labute approximate surface area is 122 Å². The second-order valence-corrected chi connectivity index (χ2v) is 6.25. The van der Waals surface area contributed by atoms with Crippen molar-refractivity contribution < 1.29 is 14.6 Å². The number of aliphatic hydroxyl groups is 1. The van der Waals surface area contributed by atoms with Gasteiger partial charge in [0.2, 0.25) is 0 Å². The summed E-state index contributed by atoms with van der Waals surface area (Å²) in [6.45, 7) is 3.19. The first kappa shape index (κ1) is 15.4. The molecule has 1 atom stereocenters. The molecule has 2 heterocycles. The predicted octanol–water partition coefficient (Wildman–Crippen LogP) is 0.776. The molecule has 0 spiro atoms. The fourth-order valence-corrected chi connectivity index (χ4v) is 2.96. The molecule has 1 unspecified atom stereocenters. The van der Waals surface area contributed by atoms with Crippen LogP contribution in [-0.2, 0) is 4.74 Å². The van der Waals surface area contributed by atoms with Crippen LogP contribution in [0.5, 0.6) is 0 Å². The van der Waals surface area contributed by atoms with E-state index >= 15 is 0 Å². The van der Waals surface area contributed by atoms with Crippen LogP contribution < -0.4 is 5.73 Å². The Bertz CT molecular complexity index is 469. The van der Waals surface area contributed by atoms with Crippen LogP contribution in [-0.4, -0.2) is 53.3 Å². The number of ether oxygens (including phenoxy) is 1. The highest BCUT2D eigenvalue weighted by Crippen LogP contribution is 2.22. The number of thiazole rings is 1. The molecule has 1 aromatic heterocycles. The van der Waals surface area contributed by atoms with Crippen molar-refractivity contribution in [3.63, 3.8) is 0 Å². The van der Waals surface area contributed by atoms with Gasteiger partial charge >= 0.3 is 0 Å². The summed E-state index contributed by atoms with van der Waals surface area (Å²) in [6.07, 6.45) is 1.10. The number of nitrogens with zero attached hydrogens (tertiary/aromatic N) is 2. The standard InChI is InChI=1S/C13H21N3O3S/c1-9(14)11-15-10(7-20-11)12(17)16(2)8-13(18)3-5-19-6-4-13/h7,9,18H,3-6,8,14H2,1-2H3. The molecular weight excluding hydrogens is 278 g/mol. The Morgan fingerprint density at radius 3 is 2.85 bits per heavy atom. The summed E-state index contributed by atoms with van der Waals surface area (Å²) in [5, 5.41) is 12.9. The zero-order valence-electron chi connectivity index (χ0n) is 11.8. The van der Waals surface area contributed by atoms with Gasteiger partial charge in [-0.2, -0.15) is 0 Å². The molecule has 1 fully saturated rings. The first-order chi connectivity index (χ1) is 9.41. The van der Waals surface area contributed by atoms with Crippen LogP contribution in [0.25, 0.3) is 0 Å². The molecule has 6 nitrogen and oxygen atoms in total. The van der Waals surface area contributed by atoms with Gasteiger partial charge in [0, 0.05) is 45.0 Å². The zero-order chi connectivity index (χ0) is 14.8. The molecule has 1 aliphatic rings. The van der Waals surface area contributed by atoms with Crippen LogP contribution >= 0.6 is 11.3 Å². The minimum atomic E-state index is -0.858. The van der Waals surface area contributed by atoms with Crippen LogP contribution in [0.1, 0.15) is 41.3 Å². The lowest BCUT2D eigenvalue weighted by Gasteiger charge is -2.35. The summed E-state index contributed by atoms with van der Waals surface area (Å²) in [5.74, 6) is -0.187. The molecule has 1 amide bonds. The lowest BCUT2D eigenvalue weighted by Crippen LogP contribution is -2.47. The number of aromatic nitrogens is 1. The molecule has 1 aromatic rings. The van der Waals surface area contributed by atoms with E-state index < -0.39 is 5.60 Å². The van der Waals surface area contributed by atoms with E-state index in [0.29, 0.717) is 38.3 Å². The SMILES string of the molecule is CC(N)c1nc(C(=O)N(C)CC2(O)CCOCC2)cs1. The van der Waals surface area contributed by atoms with Gasteiger partial charge in [0.15, 0.2) is 0 Å². The van der Waals surface area contributed by atoms with Crippen molar-refractivity contribution in [1.29, 1.82) is 0 Å². The number of nitrogens with two attached hydrogens (primary N) is 1. The van der Waals surface area contributed by atoms with Gasteiger partial charge < -0.3 is 20.5 Å². The van der Waals surface area contributed by atoms with Gasteiger partial charge in [-0.1, -0.05) is 0 Å². The van der Waals surface area contributed by atoms with Crippen molar-refractivity contribution >= 4 is 17.2 Å². The normalized spacial score (nSPS) is 19.6. The van der Waals surface area contributed by atoms with E-state index in [-0.39, 0.29) is 11.9 Å². The van der Waals surface area contributed by atoms with Gasteiger partial charge in [0.05, 0.1) is 11.6 Å². The summed E-state index contributed by atoms with van der Waals surface area (Å²) in [5.41, 5.74) is 5.27. The van der Waals surface area contributed by atoms with E-state index in [2.05, 4.69) is 4.98 Å². The van der Waals surface area contributed by atoms with E-state index in [0.717, 1.165) is 5.01 Å². The number of likely N-dealkylation sites (N-methyl/N-ethyl adjacent to an activating group) is 1. The molecular formula is C13H21N3O3S. The minimum Gasteiger partial charge on any atom is -0.388 e. The number of carbonyl (C=O) groups is 1. The lowest BCUT2D eigenvalue weighted by molar-refractivity contribution is -0.0734. The highest BCUT2D eigenvalue weighted by Gasteiger charge is 2.33. The van der Waals surface area contributed by atoms with Crippen LogP contribution in [0.3, 0.4) is 0 Å². The van der Waals surface area contributed by atoms with E-state index in [9.17, 15) is 9.90 Å². The molecule has 1 saturated heterocycles. The minimum absolute atomic E-state index is 0.175. The van der Waals surface area contributed by atoms with Crippen LogP contribution in [0.4, 0.5) is 0 Å². The van der Waals surface area contributed by atoms with Crippen LogP contribution in [0.15, 0.2) is 5.38 Å². The third kappa shape index (κ3) is 3.54. The first-order valence-electron chi connectivity index (χ1n) is 6.68. The topological polar surface area (TPSA) is 88.7 Å². The summed E-state index contributed by atoms with van der Waals surface area (Å²) in [7, 11) is 1.68. The van der Waals surface area contributed by atoms with Crippen molar-refractivity contribution in [3.8, 4) is 0 Å². The maximum atomic E-state index is 12.3. The van der Waals surface area contributed by atoms with Crippen LogP contribution in [0.2, 0.25) is 0 Å². The van der Waals surface area contributed by atoms with Gasteiger partial charge in [-0.15, -0.1) is 11.3 Å². The monoisotopic (exact) mass is 299 g/mol. The fourth-order valence-electron chi connectivity index (χ4n) is 2.21. The summed E-state index contributed by atoms with van der Waals surface area (Å²) in [4.78, 5) is 18.0. The molecule has 7 heteroatoms. The van der Waals surface area contributed by atoms with Crippen molar-refractivity contribution in [1.82, 2.24) is 9.88 Å². The molecule has 0 bridgehead atoms. The Morgan fingerprint density at radius 2 is 2.30 bits per heavy atom. The largest absolute Gasteiger partial charge is 0.388 e. The molecule has 20 heavy (non-hydrogen) atoms. The number of hydrogen-bond acceptors (Lipinski definition) is 6. The molecule has 3 N–H and O–H groups in total. The molecule has 0 aromatic carbocycles. The highest BCUT2D eigenvalue weighted by atomic mass is 32.1. The van der Waals surface area contributed by atoms with E-state index in [1.165, 1.54) is 16.2 Å². The van der Waals surface area contributed by atoms with Gasteiger partial charge in [0.25, 0.3) is 5.91 Å². The zero-order valence-corrected chi connectivity index (χ0v) is 12.7. The van der Waals surface area contributed by atoms with E-state index in [1.807, 2.05) is 6.92 Å². The smallest absolute Gasteiger partial charge is 0.273 e. The van der Waals surface area contributed by atoms with Crippen molar-refractivity contribution in [2.75, 3.05) is 26.8 Å². The van der Waals surface area contributed by atoms with E-state index in [4.69, 9.17) is 10.5 Å². The number of carbonyl (C=O) groups excluding carboxylic acids is 1. The summed E-state index contributed by atoms with van der Waals surface area (Å²) < 4.78 is 5.23. The van der Waals surface area contributed by atoms with Gasteiger partial charge in [-0.05, 0) is 6.92 Å². The van der Waals surface area contributed by atoms with Gasteiger partial charge in [-0.25, -0.2) is 4.98 Å². The maximum absolute atomic E-state index is 12.3. The fraction of sp³-hybridized carbons (Fsp3) is 0.692. The second kappa shape index (κ2) is 6.17. The summed E-state index contributed by atoms with van der Waals surface area (Å²) >= 11 is 1.38. The first-order valence-corrected chi connectivity index (χ1v) is 7.56. The quantitative estimate of drug-likeness (QED) is 0.857. The highest BCUT2D eigenvalue weighted by molar-refractivity contribution is 7.09. The van der Waals surface area contributed by atoms with Gasteiger partial charge in [-0.3, -0.25) is 4.79 Å². The average Bonchev–Trinajstić information content (AvgIpc) is 2.87. The Kier molecular flexibility index (Phi) is 4.74. The molecule has 112 valence electrons. The number of rotatable bonds is 4. The Morgan fingerprint density at radius 1 is 1.65 bits per heavy atom. The van der Waals surface area contributed by atoms with Gasteiger partial charge in [0.1, 0.15) is 10.7 Å². The Hall–Kier alpha value is -1.02. The molecule has 0 saturated carbocycles. The molecule has 2 rings (SSSR count). The molecule has 0 radical (unpaired) electrons. The Balaban J connectivity index is 2.00. The number of hydrogen-bond donors (Lipinski definition) is 2. The van der Waals surface area contributed by atoms with Crippen LogP contribution in [0, 0.1) is 0 Å². The summed E-state index contributed by atoms with van der Waals surface area (Å²) in [6, 6.07) is -0.175.